The molecule has 0 amide bonds. The van der Waals surface area contributed by atoms with Gasteiger partial charge in [-0.25, -0.2) is 15.0 Å². The molecule has 0 fully saturated rings. The molecular formula is C20H20F6N6O. The van der Waals surface area contributed by atoms with Crippen LogP contribution in [-0.4, -0.2) is 41.9 Å². The van der Waals surface area contributed by atoms with Gasteiger partial charge in [-0.3, -0.25) is 4.98 Å². The number of aromatic nitrogens is 2. The maximum absolute atomic E-state index is 12.9. The van der Waals surface area contributed by atoms with E-state index in [-0.39, 0.29) is 42.0 Å². The number of ether oxygens (including phenoxy) is 1. The molecular weight excluding hydrogens is 454 g/mol. The number of alkyl halides is 6. The number of hydrogen-bond acceptors (Lipinski definition) is 5. The van der Waals surface area contributed by atoms with E-state index >= 15 is 0 Å². The highest BCUT2D eigenvalue weighted by atomic mass is 19.4. The fraction of sp³-hybridized carbons (Fsp3) is 0.300. The quantitative estimate of drug-likeness (QED) is 0.267. The lowest BCUT2D eigenvalue weighted by Gasteiger charge is -2.14. The Balaban J connectivity index is 2.23. The maximum atomic E-state index is 12.9. The lowest BCUT2D eigenvalue weighted by Crippen LogP contribution is -2.27. The van der Waals surface area contributed by atoms with Crippen molar-refractivity contribution in [3.05, 3.63) is 66.0 Å². The summed E-state index contributed by atoms with van der Waals surface area (Å²) in [7, 11) is 1.45. The Morgan fingerprint density at radius 2 is 1.79 bits per heavy atom. The van der Waals surface area contributed by atoms with Crippen molar-refractivity contribution in [1.82, 2.24) is 15.3 Å². The lowest BCUT2D eigenvalue weighted by molar-refractivity contribution is -0.141. The Labute approximate surface area is 185 Å². The van der Waals surface area contributed by atoms with E-state index in [1.807, 2.05) is 0 Å². The van der Waals surface area contributed by atoms with Crippen LogP contribution in [0.3, 0.4) is 0 Å². The Morgan fingerprint density at radius 3 is 2.42 bits per heavy atom. The second-order valence-corrected chi connectivity index (χ2v) is 6.46. The topological polar surface area (TPSA) is 83.8 Å². The molecule has 0 aliphatic carbocycles. The lowest BCUT2D eigenvalue weighted by atomic mass is 10.2. The van der Waals surface area contributed by atoms with Gasteiger partial charge in [0.2, 0.25) is 5.96 Å². The summed E-state index contributed by atoms with van der Waals surface area (Å²) in [5, 5.41) is 5.30. The number of nitrogens with zero attached hydrogens (tertiary/aromatic N) is 4. The fourth-order valence-electron chi connectivity index (χ4n) is 2.36. The van der Waals surface area contributed by atoms with Gasteiger partial charge in [-0.05, 0) is 31.2 Å². The van der Waals surface area contributed by atoms with Crippen molar-refractivity contribution in [2.75, 3.05) is 25.6 Å². The van der Waals surface area contributed by atoms with Crippen molar-refractivity contribution in [2.24, 2.45) is 9.98 Å². The minimum absolute atomic E-state index is 0.0130. The molecule has 0 saturated heterocycles. The highest BCUT2D eigenvalue weighted by molar-refractivity contribution is 6.05. The molecule has 2 heterocycles. The molecule has 0 spiro atoms. The molecule has 2 aromatic rings. The predicted octanol–water partition coefficient (Wildman–Crippen LogP) is 4.50. The first-order valence-electron chi connectivity index (χ1n) is 9.29. The summed E-state index contributed by atoms with van der Waals surface area (Å²) >= 11 is 0. The first-order chi connectivity index (χ1) is 15.4. The highest BCUT2D eigenvalue weighted by Crippen LogP contribution is 2.29. The van der Waals surface area contributed by atoms with E-state index in [9.17, 15) is 26.3 Å². The molecule has 0 saturated carbocycles. The molecule has 0 aliphatic rings. The Kier molecular flexibility index (Phi) is 8.51. The van der Waals surface area contributed by atoms with Crippen LogP contribution in [0.5, 0.6) is 0 Å². The minimum atomic E-state index is -4.63. The smallest absolute Gasteiger partial charge is 0.383 e. The summed E-state index contributed by atoms with van der Waals surface area (Å²) in [4.78, 5) is 15.1. The van der Waals surface area contributed by atoms with Crippen molar-refractivity contribution >= 4 is 17.4 Å². The van der Waals surface area contributed by atoms with E-state index in [1.54, 1.807) is 0 Å². The van der Waals surface area contributed by atoms with Gasteiger partial charge < -0.3 is 15.4 Å². The summed E-state index contributed by atoms with van der Waals surface area (Å²) < 4.78 is 82.2. The van der Waals surface area contributed by atoms with Crippen LogP contribution in [0.4, 0.5) is 32.0 Å². The summed E-state index contributed by atoms with van der Waals surface area (Å²) in [5.41, 5.74) is -2.05. The number of rotatable bonds is 7. The van der Waals surface area contributed by atoms with Crippen LogP contribution >= 0.6 is 0 Å². The minimum Gasteiger partial charge on any atom is -0.383 e. The third-order valence-corrected chi connectivity index (χ3v) is 3.85. The Bertz CT molecular complexity index is 1030. The summed E-state index contributed by atoms with van der Waals surface area (Å²) in [6.07, 6.45) is -8.27. The zero-order valence-electron chi connectivity index (χ0n) is 17.6. The van der Waals surface area contributed by atoms with Crippen LogP contribution in [0, 0.1) is 0 Å². The van der Waals surface area contributed by atoms with Gasteiger partial charge in [0.1, 0.15) is 17.2 Å². The standard InChI is InChI=1S/C20H20F6N6O/c1-12(15-5-4-6-16(32-15)19(21,22)23)29-18(28-9-10-33-3)31-13(2)30-14-7-8-27-17(11-14)20(24,25)26/h4-8,11H,2,9-10H2,1,3H3,(H,27,30)(H,28,31)/b29-12+. The second kappa shape index (κ2) is 10.9. The molecule has 13 heteroatoms. The van der Waals surface area contributed by atoms with Crippen LogP contribution in [0.25, 0.3) is 0 Å². The third kappa shape index (κ3) is 8.18. The average Bonchev–Trinajstić information content (AvgIpc) is 2.73. The van der Waals surface area contributed by atoms with Crippen LogP contribution < -0.4 is 10.6 Å². The molecule has 0 radical (unpaired) electrons. The van der Waals surface area contributed by atoms with Gasteiger partial charge in [0.25, 0.3) is 0 Å². The Morgan fingerprint density at radius 1 is 1.09 bits per heavy atom. The van der Waals surface area contributed by atoms with E-state index in [4.69, 9.17) is 4.74 Å². The number of halogens is 6. The van der Waals surface area contributed by atoms with Crippen LogP contribution in [0.2, 0.25) is 0 Å². The van der Waals surface area contributed by atoms with Gasteiger partial charge in [0, 0.05) is 19.0 Å². The number of pyridine rings is 2. The molecule has 2 aromatic heterocycles. The number of anilines is 1. The van der Waals surface area contributed by atoms with Gasteiger partial charge in [0.15, 0.2) is 0 Å². The fourth-order valence-corrected chi connectivity index (χ4v) is 2.36. The highest BCUT2D eigenvalue weighted by Gasteiger charge is 2.33. The zero-order valence-corrected chi connectivity index (χ0v) is 17.6. The van der Waals surface area contributed by atoms with E-state index in [2.05, 4.69) is 37.2 Å². The van der Waals surface area contributed by atoms with Crippen molar-refractivity contribution < 1.29 is 31.1 Å². The molecule has 2 N–H and O–H groups in total. The van der Waals surface area contributed by atoms with Crippen molar-refractivity contribution in [3.63, 3.8) is 0 Å². The molecule has 0 aliphatic heterocycles. The van der Waals surface area contributed by atoms with Crippen LogP contribution in [0.15, 0.2) is 58.9 Å². The van der Waals surface area contributed by atoms with Crippen LogP contribution in [0.1, 0.15) is 24.0 Å². The summed E-state index contributed by atoms with van der Waals surface area (Å²) in [5.74, 6) is -0.0506. The number of nitrogens with one attached hydrogen (secondary N) is 2. The van der Waals surface area contributed by atoms with Crippen molar-refractivity contribution in [1.29, 1.82) is 0 Å². The van der Waals surface area contributed by atoms with E-state index < -0.39 is 23.7 Å². The van der Waals surface area contributed by atoms with Gasteiger partial charge in [-0.15, -0.1) is 0 Å². The molecule has 0 aromatic carbocycles. The maximum Gasteiger partial charge on any atom is 0.433 e. The number of aliphatic imine (C=N–C) groups is 2. The normalized spacial score (nSPS) is 13.1. The SMILES string of the molecule is C=C(NC(=NCCOC)/N=C(\C)c1cccc(C(F)(F)F)n1)Nc1ccnc(C(F)(F)F)c1. The molecule has 0 bridgehead atoms. The molecule has 0 unspecified atom stereocenters. The van der Waals surface area contributed by atoms with E-state index in [0.29, 0.717) is 0 Å². The van der Waals surface area contributed by atoms with Gasteiger partial charge in [-0.1, -0.05) is 12.6 Å². The van der Waals surface area contributed by atoms with Crippen LogP contribution in [-0.2, 0) is 17.1 Å². The molecule has 178 valence electrons. The first-order valence-corrected chi connectivity index (χ1v) is 9.29. The summed E-state index contributed by atoms with van der Waals surface area (Å²) in [6.45, 7) is 5.47. The average molecular weight is 474 g/mol. The molecule has 0 atom stereocenters. The largest absolute Gasteiger partial charge is 0.433 e. The van der Waals surface area contributed by atoms with E-state index in [1.165, 1.54) is 32.2 Å². The number of hydrogen-bond donors (Lipinski definition) is 2. The first kappa shape index (κ1) is 25.8. The molecule has 2 rings (SSSR count). The second-order valence-electron chi connectivity index (χ2n) is 6.46. The Hall–Kier alpha value is -3.48. The predicted molar refractivity (Wildman–Crippen MR) is 111 cm³/mol. The third-order valence-electron chi connectivity index (χ3n) is 3.85. The van der Waals surface area contributed by atoms with Crippen molar-refractivity contribution in [3.8, 4) is 0 Å². The van der Waals surface area contributed by atoms with Crippen molar-refractivity contribution in [2.45, 2.75) is 19.3 Å². The van der Waals surface area contributed by atoms with E-state index in [0.717, 1.165) is 18.3 Å². The molecule has 7 nitrogen and oxygen atoms in total. The van der Waals surface area contributed by atoms with Gasteiger partial charge in [0.05, 0.1) is 24.6 Å². The van der Waals surface area contributed by atoms with Gasteiger partial charge >= 0.3 is 12.4 Å². The zero-order chi connectivity index (χ0) is 24.6. The number of guanidine groups is 1. The summed E-state index contributed by atoms with van der Waals surface area (Å²) in [6, 6.07) is 5.46. The monoisotopic (exact) mass is 474 g/mol. The number of methoxy groups -OCH3 is 1. The van der Waals surface area contributed by atoms with Gasteiger partial charge in [-0.2, -0.15) is 26.3 Å². The molecule has 33 heavy (non-hydrogen) atoms.